The summed E-state index contributed by atoms with van der Waals surface area (Å²) in [5.74, 6) is -0.803. The lowest BCUT2D eigenvalue weighted by Gasteiger charge is -2.09. The molecule has 14 heavy (non-hydrogen) atoms. The first-order valence-electron chi connectivity index (χ1n) is 3.96. The quantitative estimate of drug-likeness (QED) is 0.426. The van der Waals surface area contributed by atoms with E-state index in [0.717, 1.165) is 0 Å². The van der Waals surface area contributed by atoms with Crippen molar-refractivity contribution < 1.29 is 19.8 Å². The van der Waals surface area contributed by atoms with Gasteiger partial charge < -0.3 is 15.5 Å². The number of carboxylic acids is 1. The predicted molar refractivity (Wildman–Crippen MR) is 57.2 cm³/mol. The van der Waals surface area contributed by atoms with E-state index in [2.05, 4.69) is 5.32 Å². The number of nitrogens with one attached hydrogen (secondary N) is 1. The first-order valence-corrected chi connectivity index (χ1v) is 6.34. The number of hydrogen-bond acceptors (Lipinski definition) is 5. The summed E-state index contributed by atoms with van der Waals surface area (Å²) < 4.78 is 0. The molecule has 0 spiro atoms. The van der Waals surface area contributed by atoms with Gasteiger partial charge in [-0.1, -0.05) is 21.6 Å². The molecule has 0 saturated carbocycles. The number of aliphatic hydroxyl groups excluding tert-OH is 1. The standard InChI is InChI=1S/C7H13NO4S2/c1-5(14-13-3-2-9)7(12)8-4-6(10)11/h5,9H,2-4H2,1H3,(H,8,12)(H,10,11). The second-order valence-electron chi connectivity index (χ2n) is 2.40. The number of carboxylic acid groups (broad SMARTS) is 1. The Hall–Kier alpha value is -0.400. The van der Waals surface area contributed by atoms with Crippen LogP contribution >= 0.6 is 21.6 Å². The van der Waals surface area contributed by atoms with Gasteiger partial charge in [-0.3, -0.25) is 9.59 Å². The number of amides is 1. The van der Waals surface area contributed by atoms with Gasteiger partial charge >= 0.3 is 5.97 Å². The molecule has 1 unspecified atom stereocenters. The summed E-state index contributed by atoms with van der Waals surface area (Å²) in [6, 6.07) is 0. The summed E-state index contributed by atoms with van der Waals surface area (Å²) in [5.41, 5.74) is 0. The number of aliphatic hydroxyl groups is 1. The fourth-order valence-electron chi connectivity index (χ4n) is 0.538. The maximum atomic E-state index is 11.2. The molecule has 5 nitrogen and oxygen atoms in total. The third-order valence-corrected chi connectivity index (χ3v) is 3.93. The lowest BCUT2D eigenvalue weighted by atomic mass is 10.4. The van der Waals surface area contributed by atoms with Gasteiger partial charge in [-0.25, -0.2) is 0 Å². The molecule has 7 heteroatoms. The average molecular weight is 239 g/mol. The Morgan fingerprint density at radius 3 is 2.64 bits per heavy atom. The van der Waals surface area contributed by atoms with Gasteiger partial charge in [0, 0.05) is 5.75 Å². The van der Waals surface area contributed by atoms with Crippen LogP contribution in [0.25, 0.3) is 0 Å². The van der Waals surface area contributed by atoms with Gasteiger partial charge in [0.15, 0.2) is 0 Å². The SMILES string of the molecule is CC(SSCCO)C(=O)NCC(=O)O. The van der Waals surface area contributed by atoms with Crippen LogP contribution in [0.5, 0.6) is 0 Å². The van der Waals surface area contributed by atoms with Crippen molar-refractivity contribution in [2.75, 3.05) is 18.9 Å². The molecule has 82 valence electrons. The fourth-order valence-corrected chi connectivity index (χ4v) is 2.47. The highest BCUT2D eigenvalue weighted by molar-refractivity contribution is 8.77. The first kappa shape index (κ1) is 13.6. The summed E-state index contributed by atoms with van der Waals surface area (Å²) in [7, 11) is 2.69. The van der Waals surface area contributed by atoms with E-state index in [-0.39, 0.29) is 24.3 Å². The summed E-state index contributed by atoms with van der Waals surface area (Å²) >= 11 is 0. The van der Waals surface area contributed by atoms with Gasteiger partial charge in [0.2, 0.25) is 5.91 Å². The van der Waals surface area contributed by atoms with Crippen molar-refractivity contribution in [3.63, 3.8) is 0 Å². The van der Waals surface area contributed by atoms with Crippen molar-refractivity contribution in [2.24, 2.45) is 0 Å². The topological polar surface area (TPSA) is 86.6 Å². The van der Waals surface area contributed by atoms with Crippen molar-refractivity contribution in [1.82, 2.24) is 5.32 Å². The maximum Gasteiger partial charge on any atom is 0.322 e. The van der Waals surface area contributed by atoms with E-state index < -0.39 is 5.97 Å². The second-order valence-corrected chi connectivity index (χ2v) is 5.22. The molecular formula is C7H13NO4S2. The van der Waals surface area contributed by atoms with E-state index in [0.29, 0.717) is 5.75 Å². The fraction of sp³-hybridized carbons (Fsp3) is 0.714. The van der Waals surface area contributed by atoms with E-state index in [9.17, 15) is 9.59 Å². The number of rotatable bonds is 7. The molecule has 0 aliphatic carbocycles. The van der Waals surface area contributed by atoms with Crippen molar-refractivity contribution in [2.45, 2.75) is 12.2 Å². The van der Waals surface area contributed by atoms with Crippen LogP contribution in [0.3, 0.4) is 0 Å². The number of hydrogen-bond donors (Lipinski definition) is 3. The molecule has 0 aromatic heterocycles. The Labute approximate surface area is 90.0 Å². The second kappa shape index (κ2) is 7.95. The lowest BCUT2D eigenvalue weighted by molar-refractivity contribution is -0.137. The van der Waals surface area contributed by atoms with Crippen molar-refractivity contribution in [1.29, 1.82) is 0 Å². The summed E-state index contributed by atoms with van der Waals surface area (Å²) in [6.07, 6.45) is 0. The monoisotopic (exact) mass is 239 g/mol. The Balaban J connectivity index is 3.59. The Kier molecular flexibility index (Phi) is 7.73. The average Bonchev–Trinajstić information content (AvgIpc) is 2.14. The van der Waals surface area contributed by atoms with E-state index in [1.54, 1.807) is 6.92 Å². The third-order valence-electron chi connectivity index (χ3n) is 1.17. The van der Waals surface area contributed by atoms with E-state index in [1.807, 2.05) is 0 Å². The number of carbonyl (C=O) groups excluding carboxylic acids is 1. The van der Waals surface area contributed by atoms with Crippen LogP contribution in [0.1, 0.15) is 6.92 Å². The van der Waals surface area contributed by atoms with Crippen LogP contribution in [-0.4, -0.2) is 46.2 Å². The maximum absolute atomic E-state index is 11.2. The predicted octanol–water partition coefficient (Wildman–Crippen LogP) is -0.0506. The van der Waals surface area contributed by atoms with Crippen LogP contribution < -0.4 is 5.32 Å². The van der Waals surface area contributed by atoms with E-state index in [1.165, 1.54) is 21.6 Å². The third kappa shape index (κ3) is 7.05. The molecule has 0 heterocycles. The van der Waals surface area contributed by atoms with Crippen LogP contribution in [0.2, 0.25) is 0 Å². The zero-order valence-corrected chi connectivity index (χ0v) is 9.36. The summed E-state index contributed by atoms with van der Waals surface area (Å²) in [4.78, 5) is 21.3. The largest absolute Gasteiger partial charge is 0.480 e. The van der Waals surface area contributed by atoms with Crippen LogP contribution in [0.15, 0.2) is 0 Å². The van der Waals surface area contributed by atoms with Crippen molar-refractivity contribution in [3.05, 3.63) is 0 Å². The first-order chi connectivity index (χ1) is 6.57. The van der Waals surface area contributed by atoms with Crippen molar-refractivity contribution in [3.8, 4) is 0 Å². The zero-order chi connectivity index (χ0) is 11.0. The molecule has 0 aromatic carbocycles. The Morgan fingerprint density at radius 2 is 2.14 bits per heavy atom. The minimum absolute atomic E-state index is 0.0706. The molecule has 0 fully saturated rings. The van der Waals surface area contributed by atoms with Crippen LogP contribution in [-0.2, 0) is 9.59 Å². The highest BCUT2D eigenvalue weighted by Gasteiger charge is 2.13. The van der Waals surface area contributed by atoms with Crippen LogP contribution in [0.4, 0.5) is 0 Å². The van der Waals surface area contributed by atoms with Gasteiger partial charge in [0.25, 0.3) is 0 Å². The smallest absolute Gasteiger partial charge is 0.322 e. The van der Waals surface area contributed by atoms with E-state index in [4.69, 9.17) is 10.2 Å². The summed E-state index contributed by atoms with van der Waals surface area (Å²) in [6.45, 7) is 1.40. The molecule has 1 atom stereocenters. The molecule has 1 amide bonds. The minimum Gasteiger partial charge on any atom is -0.480 e. The molecule has 3 N–H and O–H groups in total. The number of carbonyl (C=O) groups is 2. The van der Waals surface area contributed by atoms with Gasteiger partial charge in [0.05, 0.1) is 11.9 Å². The lowest BCUT2D eigenvalue weighted by Crippen LogP contribution is -2.34. The van der Waals surface area contributed by atoms with Gasteiger partial charge in [-0.05, 0) is 6.92 Å². The molecule has 0 radical (unpaired) electrons. The van der Waals surface area contributed by atoms with Crippen molar-refractivity contribution >= 4 is 33.5 Å². The summed E-state index contributed by atoms with van der Waals surface area (Å²) in [5, 5.41) is 18.7. The molecule has 0 aromatic rings. The van der Waals surface area contributed by atoms with Gasteiger partial charge in [-0.2, -0.15) is 0 Å². The Morgan fingerprint density at radius 1 is 1.50 bits per heavy atom. The Bertz CT molecular complexity index is 200. The molecule has 0 aliphatic heterocycles. The van der Waals surface area contributed by atoms with Gasteiger partial charge in [0.1, 0.15) is 6.54 Å². The molecule has 0 aliphatic rings. The van der Waals surface area contributed by atoms with Gasteiger partial charge in [-0.15, -0.1) is 0 Å². The molecular weight excluding hydrogens is 226 g/mol. The van der Waals surface area contributed by atoms with E-state index >= 15 is 0 Å². The normalized spacial score (nSPS) is 12.1. The number of aliphatic carboxylic acids is 1. The highest BCUT2D eigenvalue weighted by Crippen LogP contribution is 2.25. The highest BCUT2D eigenvalue weighted by atomic mass is 33.1. The molecule has 0 saturated heterocycles. The molecule has 0 rings (SSSR count). The van der Waals surface area contributed by atoms with Crippen LogP contribution in [0, 0.1) is 0 Å². The minimum atomic E-state index is -1.06. The zero-order valence-electron chi connectivity index (χ0n) is 7.73. The molecule has 0 bridgehead atoms.